The molecule has 0 bridgehead atoms. The number of carbonyl (C=O) groups is 1. The van der Waals surface area contributed by atoms with E-state index in [4.69, 9.17) is 14.2 Å². The molecular weight excluding hydrogens is 236 g/mol. The highest BCUT2D eigenvalue weighted by Crippen LogP contribution is 2.16. The van der Waals surface area contributed by atoms with Crippen LogP contribution in [0.25, 0.3) is 0 Å². The Hall–Kier alpha value is -1.79. The van der Waals surface area contributed by atoms with Crippen molar-refractivity contribution in [3.05, 3.63) is 24.3 Å². The minimum atomic E-state index is -0.333. The van der Waals surface area contributed by atoms with E-state index in [1.54, 1.807) is 38.5 Å². The predicted molar refractivity (Wildman–Crippen MR) is 67.8 cm³/mol. The number of urea groups is 1. The largest absolute Gasteiger partial charge is 0.497 e. The Bertz CT molecular complexity index is 371. The molecule has 6 heteroatoms. The number of ether oxygens (including phenoxy) is 3. The van der Waals surface area contributed by atoms with Crippen molar-refractivity contribution in [1.29, 1.82) is 0 Å². The number of amides is 2. The Morgan fingerprint density at radius 1 is 1.28 bits per heavy atom. The molecular formula is C12H18N2O4. The van der Waals surface area contributed by atoms with Gasteiger partial charge in [-0.2, -0.15) is 0 Å². The summed E-state index contributed by atoms with van der Waals surface area (Å²) in [5.74, 6) is 0.684. The van der Waals surface area contributed by atoms with Crippen molar-refractivity contribution in [3.8, 4) is 5.75 Å². The van der Waals surface area contributed by atoms with Crippen molar-refractivity contribution in [2.24, 2.45) is 0 Å². The lowest BCUT2D eigenvalue weighted by atomic mass is 10.3. The number of carbonyl (C=O) groups excluding carboxylic acids is 1. The fourth-order valence-corrected chi connectivity index (χ4v) is 1.21. The lowest BCUT2D eigenvalue weighted by molar-refractivity contribution is 0.0650. The maximum atomic E-state index is 11.5. The van der Waals surface area contributed by atoms with Gasteiger partial charge in [-0.3, -0.25) is 0 Å². The number of methoxy groups -OCH3 is 2. The number of anilines is 1. The van der Waals surface area contributed by atoms with Gasteiger partial charge in [-0.25, -0.2) is 4.79 Å². The van der Waals surface area contributed by atoms with E-state index in [0.29, 0.717) is 24.7 Å². The molecule has 6 nitrogen and oxygen atoms in total. The van der Waals surface area contributed by atoms with Crippen LogP contribution in [-0.4, -0.2) is 40.2 Å². The van der Waals surface area contributed by atoms with Gasteiger partial charge in [0.1, 0.15) is 12.5 Å². The van der Waals surface area contributed by atoms with Gasteiger partial charge in [0.2, 0.25) is 0 Å². The average molecular weight is 254 g/mol. The maximum Gasteiger partial charge on any atom is 0.321 e. The van der Waals surface area contributed by atoms with Crippen LogP contribution in [-0.2, 0) is 9.47 Å². The molecule has 100 valence electrons. The fourth-order valence-electron chi connectivity index (χ4n) is 1.21. The standard InChI is InChI=1S/C12H18N2O4/c1-16-6-7-18-9-13-12(15)14-10-4-3-5-11(8-10)17-2/h3-5,8H,6-7,9H2,1-2H3,(H2,13,14,15). The molecule has 0 spiro atoms. The van der Waals surface area contributed by atoms with E-state index < -0.39 is 0 Å². The normalized spacial score (nSPS) is 9.89. The van der Waals surface area contributed by atoms with E-state index in [1.807, 2.05) is 0 Å². The van der Waals surface area contributed by atoms with Gasteiger partial charge in [0, 0.05) is 18.9 Å². The van der Waals surface area contributed by atoms with Crippen LogP contribution in [0.4, 0.5) is 10.5 Å². The first-order chi connectivity index (χ1) is 8.76. The molecule has 0 unspecified atom stereocenters. The molecule has 0 radical (unpaired) electrons. The second-order valence-electron chi connectivity index (χ2n) is 3.41. The first kappa shape index (κ1) is 14.3. The fraction of sp³-hybridized carbons (Fsp3) is 0.417. The summed E-state index contributed by atoms with van der Waals surface area (Å²) < 4.78 is 15.0. The summed E-state index contributed by atoms with van der Waals surface area (Å²) in [5.41, 5.74) is 0.656. The lowest BCUT2D eigenvalue weighted by Crippen LogP contribution is -2.31. The molecule has 0 atom stereocenters. The summed E-state index contributed by atoms with van der Waals surface area (Å²) in [6.07, 6.45) is 0. The van der Waals surface area contributed by atoms with E-state index in [0.717, 1.165) is 0 Å². The molecule has 1 aromatic carbocycles. The Labute approximate surface area is 106 Å². The van der Waals surface area contributed by atoms with Crippen molar-refractivity contribution in [2.45, 2.75) is 0 Å². The van der Waals surface area contributed by atoms with Crippen LogP contribution >= 0.6 is 0 Å². The lowest BCUT2D eigenvalue weighted by Gasteiger charge is -2.09. The molecule has 0 aliphatic carbocycles. The third kappa shape index (κ3) is 5.51. The number of benzene rings is 1. The van der Waals surface area contributed by atoms with Crippen molar-refractivity contribution >= 4 is 11.7 Å². The summed E-state index contributed by atoms with van der Waals surface area (Å²) in [4.78, 5) is 11.5. The monoisotopic (exact) mass is 254 g/mol. The number of hydrogen-bond donors (Lipinski definition) is 2. The SMILES string of the molecule is COCCOCNC(=O)Nc1cccc(OC)c1. The molecule has 18 heavy (non-hydrogen) atoms. The van der Waals surface area contributed by atoms with Crippen molar-refractivity contribution in [1.82, 2.24) is 5.32 Å². The molecule has 2 amide bonds. The summed E-state index contributed by atoms with van der Waals surface area (Å²) in [5, 5.41) is 5.23. The molecule has 1 aromatic rings. The van der Waals surface area contributed by atoms with Gasteiger partial charge in [0.15, 0.2) is 0 Å². The zero-order valence-electron chi connectivity index (χ0n) is 10.6. The molecule has 1 rings (SSSR count). The third-order valence-electron chi connectivity index (χ3n) is 2.09. The average Bonchev–Trinajstić information content (AvgIpc) is 2.38. The Morgan fingerprint density at radius 2 is 2.11 bits per heavy atom. The molecule has 0 aliphatic rings. The second kappa shape index (κ2) is 8.32. The quantitative estimate of drug-likeness (QED) is 0.570. The summed E-state index contributed by atoms with van der Waals surface area (Å²) >= 11 is 0. The molecule has 0 fully saturated rings. The van der Waals surface area contributed by atoms with E-state index >= 15 is 0 Å². The minimum absolute atomic E-state index is 0.138. The van der Waals surface area contributed by atoms with Gasteiger partial charge in [0.25, 0.3) is 0 Å². The molecule has 2 N–H and O–H groups in total. The Balaban J connectivity index is 2.26. The first-order valence-electron chi connectivity index (χ1n) is 5.52. The van der Waals surface area contributed by atoms with E-state index in [9.17, 15) is 4.79 Å². The van der Waals surface area contributed by atoms with Gasteiger partial charge in [-0.05, 0) is 12.1 Å². The molecule has 0 heterocycles. The van der Waals surface area contributed by atoms with Crippen LogP contribution in [0.3, 0.4) is 0 Å². The summed E-state index contributed by atoms with van der Waals surface area (Å²) in [6, 6.07) is 6.76. The Kier molecular flexibility index (Phi) is 6.60. The zero-order valence-corrected chi connectivity index (χ0v) is 10.6. The van der Waals surface area contributed by atoms with Gasteiger partial charge < -0.3 is 24.8 Å². The van der Waals surface area contributed by atoms with Crippen LogP contribution in [0, 0.1) is 0 Å². The second-order valence-corrected chi connectivity index (χ2v) is 3.41. The highest BCUT2D eigenvalue weighted by atomic mass is 16.5. The number of rotatable bonds is 7. The highest BCUT2D eigenvalue weighted by Gasteiger charge is 2.01. The van der Waals surface area contributed by atoms with Gasteiger partial charge in [-0.1, -0.05) is 6.07 Å². The van der Waals surface area contributed by atoms with Gasteiger partial charge in [0.05, 0.1) is 20.3 Å². The molecule has 0 saturated heterocycles. The van der Waals surface area contributed by atoms with Crippen molar-refractivity contribution in [3.63, 3.8) is 0 Å². The molecule has 0 aromatic heterocycles. The smallest absolute Gasteiger partial charge is 0.321 e. The van der Waals surface area contributed by atoms with Crippen LogP contribution < -0.4 is 15.4 Å². The predicted octanol–water partition coefficient (Wildman–Crippen LogP) is 1.44. The highest BCUT2D eigenvalue weighted by molar-refractivity contribution is 5.89. The third-order valence-corrected chi connectivity index (χ3v) is 2.09. The summed E-state index contributed by atoms with van der Waals surface area (Å²) in [6.45, 7) is 1.08. The van der Waals surface area contributed by atoms with E-state index in [-0.39, 0.29) is 12.8 Å². The van der Waals surface area contributed by atoms with Gasteiger partial charge >= 0.3 is 6.03 Å². The van der Waals surface area contributed by atoms with Crippen LogP contribution in [0.2, 0.25) is 0 Å². The topological polar surface area (TPSA) is 68.8 Å². The minimum Gasteiger partial charge on any atom is -0.497 e. The molecule has 0 aliphatic heterocycles. The van der Waals surface area contributed by atoms with Gasteiger partial charge in [-0.15, -0.1) is 0 Å². The summed E-state index contributed by atoms with van der Waals surface area (Å²) in [7, 11) is 3.16. The first-order valence-corrected chi connectivity index (χ1v) is 5.52. The van der Waals surface area contributed by atoms with Crippen LogP contribution in [0.1, 0.15) is 0 Å². The van der Waals surface area contributed by atoms with Crippen molar-refractivity contribution < 1.29 is 19.0 Å². The Morgan fingerprint density at radius 3 is 2.83 bits per heavy atom. The van der Waals surface area contributed by atoms with Crippen LogP contribution in [0.5, 0.6) is 5.75 Å². The van der Waals surface area contributed by atoms with E-state index in [1.165, 1.54) is 0 Å². The van der Waals surface area contributed by atoms with Crippen LogP contribution in [0.15, 0.2) is 24.3 Å². The number of nitrogens with one attached hydrogen (secondary N) is 2. The molecule has 0 saturated carbocycles. The zero-order chi connectivity index (χ0) is 13.2. The number of hydrogen-bond acceptors (Lipinski definition) is 4. The van der Waals surface area contributed by atoms with E-state index in [2.05, 4.69) is 10.6 Å². The van der Waals surface area contributed by atoms with Crippen molar-refractivity contribution in [2.75, 3.05) is 39.5 Å². The maximum absolute atomic E-state index is 11.5.